The van der Waals surface area contributed by atoms with Crippen LogP contribution in [-0.4, -0.2) is 30.2 Å². The normalized spacial score (nSPS) is 27.7. The number of nitrogens with zero attached hydrogens (tertiary/aromatic N) is 2. The molecular formula is C15H18N2O. The third kappa shape index (κ3) is 2.27. The molecule has 18 heavy (non-hydrogen) atoms. The summed E-state index contributed by atoms with van der Waals surface area (Å²) in [5, 5.41) is 8.80. The van der Waals surface area contributed by atoms with E-state index in [0.717, 1.165) is 25.3 Å². The second-order valence-corrected chi connectivity index (χ2v) is 5.19. The third-order valence-corrected chi connectivity index (χ3v) is 4.07. The van der Waals surface area contributed by atoms with Crippen molar-refractivity contribution in [3.63, 3.8) is 0 Å². The first-order valence-electron chi connectivity index (χ1n) is 6.71. The maximum atomic E-state index is 8.80. The van der Waals surface area contributed by atoms with Crippen molar-refractivity contribution in [1.82, 2.24) is 4.90 Å². The van der Waals surface area contributed by atoms with Crippen LogP contribution in [0.15, 0.2) is 24.3 Å². The van der Waals surface area contributed by atoms with Crippen molar-refractivity contribution in [3.05, 3.63) is 35.4 Å². The van der Waals surface area contributed by atoms with E-state index in [1.165, 1.54) is 24.8 Å². The standard InChI is InChI=1S/C15H18N2O/c16-10-12-4-6-13(7-5-12)11-17-8-9-18-15-3-1-2-14(15)17/h4-7,14-15H,1-3,8-9,11H2. The molecule has 3 heteroatoms. The van der Waals surface area contributed by atoms with Crippen molar-refractivity contribution in [2.75, 3.05) is 13.2 Å². The fourth-order valence-corrected chi connectivity index (χ4v) is 3.12. The summed E-state index contributed by atoms with van der Waals surface area (Å²) in [6.45, 7) is 2.87. The number of nitriles is 1. The van der Waals surface area contributed by atoms with Gasteiger partial charge in [-0.25, -0.2) is 0 Å². The average Bonchev–Trinajstić information content (AvgIpc) is 2.89. The molecule has 0 radical (unpaired) electrons. The van der Waals surface area contributed by atoms with Crippen molar-refractivity contribution in [2.24, 2.45) is 0 Å². The molecule has 0 N–H and O–H groups in total. The molecule has 1 aromatic carbocycles. The fraction of sp³-hybridized carbons (Fsp3) is 0.533. The van der Waals surface area contributed by atoms with Gasteiger partial charge < -0.3 is 4.74 Å². The Morgan fingerprint density at radius 3 is 2.89 bits per heavy atom. The molecule has 2 atom stereocenters. The maximum Gasteiger partial charge on any atom is 0.0991 e. The van der Waals surface area contributed by atoms with Gasteiger partial charge in [-0.05, 0) is 37.0 Å². The minimum Gasteiger partial charge on any atom is -0.375 e. The molecule has 2 unspecified atom stereocenters. The van der Waals surface area contributed by atoms with Gasteiger partial charge in [-0.2, -0.15) is 5.26 Å². The minimum atomic E-state index is 0.456. The van der Waals surface area contributed by atoms with Crippen molar-refractivity contribution in [2.45, 2.75) is 38.0 Å². The Morgan fingerprint density at radius 1 is 1.28 bits per heavy atom. The van der Waals surface area contributed by atoms with Crippen LogP contribution in [0.3, 0.4) is 0 Å². The summed E-state index contributed by atoms with van der Waals surface area (Å²) in [7, 11) is 0. The van der Waals surface area contributed by atoms with E-state index in [0.29, 0.717) is 12.1 Å². The molecule has 1 aliphatic heterocycles. The first kappa shape index (κ1) is 11.7. The molecule has 94 valence electrons. The highest BCUT2D eigenvalue weighted by molar-refractivity contribution is 5.31. The Labute approximate surface area is 108 Å². The van der Waals surface area contributed by atoms with Crippen molar-refractivity contribution in [3.8, 4) is 6.07 Å². The van der Waals surface area contributed by atoms with Gasteiger partial charge in [0.15, 0.2) is 0 Å². The highest BCUT2D eigenvalue weighted by atomic mass is 16.5. The van der Waals surface area contributed by atoms with Crippen LogP contribution >= 0.6 is 0 Å². The van der Waals surface area contributed by atoms with Crippen molar-refractivity contribution >= 4 is 0 Å². The Bertz CT molecular complexity index is 449. The summed E-state index contributed by atoms with van der Waals surface area (Å²) in [5.74, 6) is 0. The predicted octanol–water partition coefficient (Wildman–Crippen LogP) is 2.31. The molecule has 2 aliphatic rings. The zero-order chi connectivity index (χ0) is 12.4. The summed E-state index contributed by atoms with van der Waals surface area (Å²) in [6, 6.07) is 10.7. The van der Waals surface area contributed by atoms with E-state index >= 15 is 0 Å². The van der Waals surface area contributed by atoms with Crippen LogP contribution in [0.1, 0.15) is 30.4 Å². The van der Waals surface area contributed by atoms with Gasteiger partial charge >= 0.3 is 0 Å². The number of ether oxygens (including phenoxy) is 1. The van der Waals surface area contributed by atoms with Gasteiger partial charge in [0.05, 0.1) is 24.3 Å². The second kappa shape index (κ2) is 5.09. The first-order valence-corrected chi connectivity index (χ1v) is 6.71. The lowest BCUT2D eigenvalue weighted by molar-refractivity contribution is -0.0588. The Morgan fingerprint density at radius 2 is 2.11 bits per heavy atom. The summed E-state index contributed by atoms with van der Waals surface area (Å²) in [4.78, 5) is 2.54. The monoisotopic (exact) mass is 242 g/mol. The average molecular weight is 242 g/mol. The molecule has 1 aliphatic carbocycles. The number of benzene rings is 1. The zero-order valence-electron chi connectivity index (χ0n) is 10.5. The van der Waals surface area contributed by atoms with Gasteiger partial charge in [-0.15, -0.1) is 0 Å². The summed E-state index contributed by atoms with van der Waals surface area (Å²) < 4.78 is 5.82. The van der Waals surface area contributed by atoms with Crippen LogP contribution in [-0.2, 0) is 11.3 Å². The number of hydrogen-bond donors (Lipinski definition) is 0. The minimum absolute atomic E-state index is 0.456. The number of hydrogen-bond acceptors (Lipinski definition) is 3. The Kier molecular flexibility index (Phi) is 3.31. The number of fused-ring (bicyclic) bond motifs is 1. The molecule has 3 nitrogen and oxygen atoms in total. The SMILES string of the molecule is N#Cc1ccc(CN2CCOC3CCCC32)cc1. The summed E-state index contributed by atoms with van der Waals surface area (Å²) >= 11 is 0. The Hall–Kier alpha value is -1.37. The van der Waals surface area contributed by atoms with E-state index in [9.17, 15) is 0 Å². The van der Waals surface area contributed by atoms with E-state index in [2.05, 4.69) is 23.1 Å². The van der Waals surface area contributed by atoms with E-state index in [-0.39, 0.29) is 0 Å². The van der Waals surface area contributed by atoms with Crippen LogP contribution in [0, 0.1) is 11.3 Å². The zero-order valence-corrected chi connectivity index (χ0v) is 10.5. The van der Waals surface area contributed by atoms with Crippen LogP contribution in [0.2, 0.25) is 0 Å². The number of rotatable bonds is 2. The van der Waals surface area contributed by atoms with Crippen LogP contribution < -0.4 is 0 Å². The quantitative estimate of drug-likeness (QED) is 0.798. The molecule has 2 fully saturated rings. The van der Waals surface area contributed by atoms with E-state index in [4.69, 9.17) is 10.00 Å². The van der Waals surface area contributed by atoms with Gasteiger partial charge in [-0.1, -0.05) is 12.1 Å². The predicted molar refractivity (Wildman–Crippen MR) is 68.9 cm³/mol. The molecule has 1 saturated carbocycles. The number of morpholine rings is 1. The molecule has 1 aromatic rings. The molecule has 0 bridgehead atoms. The lowest BCUT2D eigenvalue weighted by Gasteiger charge is -2.37. The highest BCUT2D eigenvalue weighted by Gasteiger charge is 2.35. The maximum absolute atomic E-state index is 8.80. The second-order valence-electron chi connectivity index (χ2n) is 5.19. The van der Waals surface area contributed by atoms with E-state index in [1.807, 2.05) is 12.1 Å². The lowest BCUT2D eigenvalue weighted by atomic mass is 10.1. The smallest absolute Gasteiger partial charge is 0.0991 e. The van der Waals surface area contributed by atoms with Crippen LogP contribution in [0.4, 0.5) is 0 Å². The topological polar surface area (TPSA) is 36.3 Å². The molecule has 0 spiro atoms. The summed E-state index contributed by atoms with van der Waals surface area (Å²) in [6.07, 6.45) is 4.23. The van der Waals surface area contributed by atoms with E-state index in [1.54, 1.807) is 0 Å². The van der Waals surface area contributed by atoms with Gasteiger partial charge in [0, 0.05) is 19.1 Å². The van der Waals surface area contributed by atoms with Crippen molar-refractivity contribution in [1.29, 1.82) is 5.26 Å². The van der Waals surface area contributed by atoms with Crippen molar-refractivity contribution < 1.29 is 4.74 Å². The summed E-state index contributed by atoms with van der Waals surface area (Å²) in [5.41, 5.74) is 2.03. The lowest BCUT2D eigenvalue weighted by Crippen LogP contribution is -2.47. The molecule has 3 rings (SSSR count). The van der Waals surface area contributed by atoms with Gasteiger partial charge in [-0.3, -0.25) is 4.90 Å². The van der Waals surface area contributed by atoms with Gasteiger partial charge in [0.1, 0.15) is 0 Å². The van der Waals surface area contributed by atoms with E-state index < -0.39 is 0 Å². The first-order chi connectivity index (χ1) is 8.86. The molecule has 0 aromatic heterocycles. The molecular weight excluding hydrogens is 224 g/mol. The molecule has 0 amide bonds. The van der Waals surface area contributed by atoms with Gasteiger partial charge in [0.2, 0.25) is 0 Å². The largest absolute Gasteiger partial charge is 0.375 e. The van der Waals surface area contributed by atoms with Crippen LogP contribution in [0.5, 0.6) is 0 Å². The Balaban J connectivity index is 1.69. The highest BCUT2D eigenvalue weighted by Crippen LogP contribution is 2.30. The molecule has 1 saturated heterocycles. The fourth-order valence-electron chi connectivity index (χ4n) is 3.12. The molecule has 1 heterocycles. The third-order valence-electron chi connectivity index (χ3n) is 4.07. The van der Waals surface area contributed by atoms with Crippen LogP contribution in [0.25, 0.3) is 0 Å². The van der Waals surface area contributed by atoms with Gasteiger partial charge in [0.25, 0.3) is 0 Å².